The van der Waals surface area contributed by atoms with Gasteiger partial charge < -0.3 is 4.74 Å². The summed E-state index contributed by atoms with van der Waals surface area (Å²) in [6.07, 6.45) is 8.67. The van der Waals surface area contributed by atoms with Crippen molar-refractivity contribution < 1.29 is 4.74 Å². The lowest BCUT2D eigenvalue weighted by Gasteiger charge is -2.57. The van der Waals surface area contributed by atoms with Gasteiger partial charge in [-0.3, -0.25) is 0 Å². The lowest BCUT2D eigenvalue weighted by molar-refractivity contribution is -0.00650. The Morgan fingerprint density at radius 2 is 1.64 bits per heavy atom. The molecule has 1 radical (unpaired) electrons. The summed E-state index contributed by atoms with van der Waals surface area (Å²) in [7, 11) is -0.379. The van der Waals surface area contributed by atoms with Gasteiger partial charge in [0, 0.05) is 10.0 Å². The van der Waals surface area contributed by atoms with Crippen LogP contribution in [-0.2, 0) is 5.41 Å². The van der Waals surface area contributed by atoms with Crippen molar-refractivity contribution in [1.82, 2.24) is 0 Å². The molecule has 4 aliphatic rings. The van der Waals surface area contributed by atoms with Crippen molar-refractivity contribution in [2.24, 2.45) is 17.8 Å². The molecule has 0 N–H and O–H groups in total. The SMILES string of the molecule is C[Si](C)C(C)(C)COc1ccc(Br)cc1C12CC3CC(CC(C3)C1)C2. The first-order valence-corrected chi connectivity index (χ1v) is 13.3. The van der Waals surface area contributed by atoms with E-state index >= 15 is 0 Å². The first-order valence-electron chi connectivity index (χ1n) is 10.0. The lowest BCUT2D eigenvalue weighted by atomic mass is 9.48. The maximum absolute atomic E-state index is 6.51. The zero-order valence-electron chi connectivity index (χ0n) is 16.2. The largest absolute Gasteiger partial charge is 0.493 e. The molecule has 0 atom stereocenters. The highest BCUT2D eigenvalue weighted by molar-refractivity contribution is 9.10. The average Bonchev–Trinajstić information content (AvgIpc) is 2.52. The minimum absolute atomic E-state index is 0.302. The van der Waals surface area contributed by atoms with Crippen molar-refractivity contribution in [3.05, 3.63) is 28.2 Å². The quantitative estimate of drug-likeness (QED) is 0.475. The third-order valence-corrected chi connectivity index (χ3v) is 10.8. The van der Waals surface area contributed by atoms with Crippen LogP contribution >= 0.6 is 15.9 Å². The van der Waals surface area contributed by atoms with Crippen molar-refractivity contribution in [2.75, 3.05) is 6.61 Å². The molecule has 4 saturated carbocycles. The first-order chi connectivity index (χ1) is 11.8. The van der Waals surface area contributed by atoms with Gasteiger partial charge in [-0.1, -0.05) is 42.9 Å². The molecule has 3 heteroatoms. The van der Waals surface area contributed by atoms with E-state index in [1.54, 1.807) is 0 Å². The van der Waals surface area contributed by atoms with Gasteiger partial charge in [-0.2, -0.15) is 0 Å². The molecule has 0 saturated heterocycles. The lowest BCUT2D eigenvalue weighted by Crippen LogP contribution is -2.48. The Labute approximate surface area is 163 Å². The highest BCUT2D eigenvalue weighted by Crippen LogP contribution is 2.62. The van der Waals surface area contributed by atoms with E-state index < -0.39 is 0 Å². The summed E-state index contributed by atoms with van der Waals surface area (Å²) in [4.78, 5) is 0. The third kappa shape index (κ3) is 3.36. The third-order valence-electron chi connectivity index (χ3n) is 7.49. The van der Waals surface area contributed by atoms with Crippen LogP contribution < -0.4 is 4.74 Å². The Morgan fingerprint density at radius 1 is 1.08 bits per heavy atom. The number of rotatable bonds is 5. The molecule has 1 nitrogen and oxygen atoms in total. The average molecular weight is 420 g/mol. The highest BCUT2D eigenvalue weighted by atomic mass is 79.9. The Bertz CT molecular complexity index is 616. The molecule has 0 unspecified atom stereocenters. The Hall–Kier alpha value is -0.283. The highest BCUT2D eigenvalue weighted by Gasteiger charge is 2.52. The van der Waals surface area contributed by atoms with Gasteiger partial charge in [-0.25, -0.2) is 0 Å². The van der Waals surface area contributed by atoms with Crippen LogP contribution in [0.5, 0.6) is 5.75 Å². The van der Waals surface area contributed by atoms with E-state index in [4.69, 9.17) is 4.74 Å². The molecule has 1 aromatic rings. The van der Waals surface area contributed by atoms with Gasteiger partial charge >= 0.3 is 0 Å². The number of benzene rings is 1. The van der Waals surface area contributed by atoms with Crippen molar-refractivity contribution >= 4 is 24.7 Å². The monoisotopic (exact) mass is 419 g/mol. The summed E-state index contributed by atoms with van der Waals surface area (Å²) >= 11 is 3.74. The van der Waals surface area contributed by atoms with Crippen LogP contribution in [0, 0.1) is 17.8 Å². The van der Waals surface area contributed by atoms with Gasteiger partial charge in [-0.05, 0) is 84.9 Å². The van der Waals surface area contributed by atoms with Gasteiger partial charge in [0.05, 0.1) is 15.4 Å². The maximum Gasteiger partial charge on any atom is 0.123 e. The second-order valence-electron chi connectivity index (χ2n) is 10.0. The second kappa shape index (κ2) is 6.40. The maximum atomic E-state index is 6.51. The van der Waals surface area contributed by atoms with Crippen LogP contribution in [0.3, 0.4) is 0 Å². The molecule has 0 heterocycles. The minimum Gasteiger partial charge on any atom is -0.493 e. The Morgan fingerprint density at radius 3 is 2.16 bits per heavy atom. The van der Waals surface area contributed by atoms with Crippen molar-refractivity contribution in [2.45, 2.75) is 75.9 Å². The zero-order valence-corrected chi connectivity index (χ0v) is 18.8. The second-order valence-corrected chi connectivity index (χ2v) is 14.3. The van der Waals surface area contributed by atoms with Gasteiger partial charge in [-0.15, -0.1) is 0 Å². The molecule has 0 spiro atoms. The smallest absolute Gasteiger partial charge is 0.123 e. The fourth-order valence-electron chi connectivity index (χ4n) is 5.89. The fourth-order valence-corrected chi connectivity index (χ4v) is 6.61. The standard InChI is InChI=1S/C22H32BrOSi/c1-21(2,25(3)4)14-24-20-6-5-18(23)10-19(20)22-11-15-7-16(12-22)9-17(8-15)13-22/h5-6,10,15-17H,7-9,11-14H2,1-4H3. The van der Waals surface area contributed by atoms with Crippen molar-refractivity contribution in [3.8, 4) is 5.75 Å². The van der Waals surface area contributed by atoms with E-state index in [1.807, 2.05) is 0 Å². The van der Waals surface area contributed by atoms with Gasteiger partial charge in [0.15, 0.2) is 0 Å². The van der Waals surface area contributed by atoms with Crippen LogP contribution in [0.25, 0.3) is 0 Å². The molecule has 0 aromatic heterocycles. The van der Waals surface area contributed by atoms with E-state index in [2.05, 4.69) is 61.1 Å². The molecule has 4 bridgehead atoms. The van der Waals surface area contributed by atoms with Gasteiger partial charge in [0.2, 0.25) is 0 Å². The predicted molar refractivity (Wildman–Crippen MR) is 111 cm³/mol. The molecule has 1 aromatic carbocycles. The molecule has 0 amide bonds. The van der Waals surface area contributed by atoms with E-state index in [9.17, 15) is 0 Å². The molecule has 25 heavy (non-hydrogen) atoms. The number of ether oxygens (including phenoxy) is 1. The summed E-state index contributed by atoms with van der Waals surface area (Å²) in [6.45, 7) is 10.4. The van der Waals surface area contributed by atoms with E-state index in [1.165, 1.54) is 54.3 Å². The molecule has 4 fully saturated rings. The zero-order chi connectivity index (χ0) is 17.8. The van der Waals surface area contributed by atoms with E-state index in [0.717, 1.165) is 24.4 Å². The van der Waals surface area contributed by atoms with Crippen molar-refractivity contribution in [1.29, 1.82) is 0 Å². The summed E-state index contributed by atoms with van der Waals surface area (Å²) in [5, 5.41) is 0.302. The minimum atomic E-state index is -0.379. The topological polar surface area (TPSA) is 9.23 Å². The Balaban J connectivity index is 1.64. The summed E-state index contributed by atoms with van der Waals surface area (Å²) in [5.41, 5.74) is 1.90. The summed E-state index contributed by atoms with van der Waals surface area (Å²) in [5.74, 6) is 4.07. The van der Waals surface area contributed by atoms with Gasteiger partial charge in [0.1, 0.15) is 5.75 Å². The van der Waals surface area contributed by atoms with Crippen LogP contribution in [-0.4, -0.2) is 15.4 Å². The van der Waals surface area contributed by atoms with Crippen LogP contribution in [0.4, 0.5) is 0 Å². The summed E-state index contributed by atoms with van der Waals surface area (Å²) in [6, 6.07) is 6.78. The first kappa shape index (κ1) is 18.1. The summed E-state index contributed by atoms with van der Waals surface area (Å²) < 4.78 is 7.72. The number of hydrogen-bond acceptors (Lipinski definition) is 1. The van der Waals surface area contributed by atoms with Crippen LogP contribution in [0.2, 0.25) is 18.1 Å². The van der Waals surface area contributed by atoms with E-state index in [-0.39, 0.29) is 8.80 Å². The van der Waals surface area contributed by atoms with Crippen LogP contribution in [0.15, 0.2) is 22.7 Å². The van der Waals surface area contributed by atoms with Crippen LogP contribution in [0.1, 0.15) is 57.9 Å². The Kier molecular flexibility index (Phi) is 4.64. The normalized spacial score (nSPS) is 33.9. The molecule has 4 aliphatic carbocycles. The van der Waals surface area contributed by atoms with Gasteiger partial charge in [0.25, 0.3) is 0 Å². The van der Waals surface area contributed by atoms with Crippen molar-refractivity contribution in [3.63, 3.8) is 0 Å². The fraction of sp³-hybridized carbons (Fsp3) is 0.727. The molecule has 0 aliphatic heterocycles. The molecule has 5 rings (SSSR count). The number of hydrogen-bond donors (Lipinski definition) is 0. The molecular formula is C22H32BrOSi. The predicted octanol–water partition coefficient (Wildman–Crippen LogP) is 6.83. The van der Waals surface area contributed by atoms with E-state index in [0.29, 0.717) is 10.5 Å². The molecular weight excluding hydrogens is 388 g/mol. The molecule has 137 valence electrons. The number of halogens is 1.